The van der Waals surface area contributed by atoms with Crippen LogP contribution in [-0.4, -0.2) is 24.6 Å². The Morgan fingerprint density at radius 1 is 1.47 bits per heavy atom. The molecule has 1 aliphatic rings. The fourth-order valence-electron chi connectivity index (χ4n) is 2.58. The Hall–Kier alpha value is -1.39. The van der Waals surface area contributed by atoms with E-state index in [9.17, 15) is 0 Å². The zero-order valence-corrected chi connectivity index (χ0v) is 11.9. The number of thiazole rings is 1. The van der Waals surface area contributed by atoms with E-state index in [-0.39, 0.29) is 0 Å². The van der Waals surface area contributed by atoms with Gasteiger partial charge in [-0.2, -0.15) is 0 Å². The van der Waals surface area contributed by atoms with Crippen LogP contribution in [0.1, 0.15) is 29.3 Å². The van der Waals surface area contributed by atoms with Crippen molar-refractivity contribution in [2.24, 2.45) is 0 Å². The molecule has 0 spiro atoms. The number of aromatic nitrogens is 1. The average Bonchev–Trinajstić information content (AvgIpc) is 3.08. The maximum absolute atomic E-state index is 4.37. The number of hydrogen-bond donors (Lipinski definition) is 2. The Morgan fingerprint density at radius 2 is 2.37 bits per heavy atom. The minimum Gasteiger partial charge on any atom is -0.384 e. The molecule has 2 aromatic rings. The van der Waals surface area contributed by atoms with E-state index < -0.39 is 0 Å². The highest BCUT2D eigenvalue weighted by atomic mass is 32.1. The Bertz CT molecular complexity index is 524. The number of para-hydroxylation sites is 1. The largest absolute Gasteiger partial charge is 0.384 e. The van der Waals surface area contributed by atoms with Gasteiger partial charge in [0.2, 0.25) is 0 Å². The molecule has 3 rings (SSSR count). The summed E-state index contributed by atoms with van der Waals surface area (Å²) in [5.41, 5.74) is 2.74. The van der Waals surface area contributed by atoms with Crippen molar-refractivity contribution in [3.63, 3.8) is 0 Å². The topological polar surface area (TPSA) is 37.0 Å². The first kappa shape index (κ1) is 12.6. The lowest BCUT2D eigenvalue weighted by atomic mass is 10.0. The molecular weight excluding hydrogens is 254 g/mol. The van der Waals surface area contributed by atoms with Crippen LogP contribution >= 0.6 is 11.3 Å². The second-order valence-corrected chi connectivity index (χ2v) is 6.02. The molecule has 19 heavy (non-hydrogen) atoms. The molecule has 2 heterocycles. The summed E-state index contributed by atoms with van der Waals surface area (Å²) in [6, 6.07) is 8.60. The van der Waals surface area contributed by atoms with Crippen molar-refractivity contribution < 1.29 is 0 Å². The van der Waals surface area contributed by atoms with E-state index in [0.717, 1.165) is 19.6 Å². The molecular formula is C15H19N3S. The van der Waals surface area contributed by atoms with E-state index in [1.54, 1.807) is 11.3 Å². The maximum Gasteiger partial charge on any atom is 0.0965 e. The van der Waals surface area contributed by atoms with Crippen LogP contribution in [0.25, 0.3) is 0 Å². The summed E-state index contributed by atoms with van der Waals surface area (Å²) in [6.45, 7) is 5.29. The van der Waals surface area contributed by atoms with Crippen LogP contribution in [0.4, 0.5) is 5.69 Å². The number of nitrogens with zero attached hydrogens (tertiary/aromatic N) is 1. The molecule has 1 aromatic heterocycles. The molecule has 0 fully saturated rings. The van der Waals surface area contributed by atoms with Gasteiger partial charge in [-0.3, -0.25) is 0 Å². The molecule has 0 bridgehead atoms. The molecule has 0 amide bonds. The minimum atomic E-state index is 0.490. The number of benzene rings is 1. The monoisotopic (exact) mass is 273 g/mol. The van der Waals surface area contributed by atoms with E-state index in [2.05, 4.69) is 46.8 Å². The van der Waals surface area contributed by atoms with Crippen molar-refractivity contribution >= 4 is 17.0 Å². The van der Waals surface area contributed by atoms with Crippen molar-refractivity contribution in [2.75, 3.05) is 25.0 Å². The fraction of sp³-hybridized carbons (Fsp3) is 0.400. The van der Waals surface area contributed by atoms with Gasteiger partial charge in [-0.05, 0) is 11.6 Å². The van der Waals surface area contributed by atoms with Crippen LogP contribution in [-0.2, 0) is 0 Å². The van der Waals surface area contributed by atoms with Gasteiger partial charge in [0.05, 0.1) is 5.01 Å². The normalized spacial score (nSPS) is 18.9. The fourth-order valence-corrected chi connectivity index (χ4v) is 3.28. The highest BCUT2D eigenvalue weighted by Crippen LogP contribution is 2.30. The first-order valence-electron chi connectivity index (χ1n) is 6.77. The predicted octanol–water partition coefficient (Wildman–Crippen LogP) is 3.05. The van der Waals surface area contributed by atoms with Gasteiger partial charge < -0.3 is 10.6 Å². The SMILES string of the molecule is CC(CNCC1CNc2ccccc21)c1nccs1. The third kappa shape index (κ3) is 2.80. The summed E-state index contributed by atoms with van der Waals surface area (Å²) >= 11 is 1.74. The summed E-state index contributed by atoms with van der Waals surface area (Å²) in [6.07, 6.45) is 1.88. The van der Waals surface area contributed by atoms with E-state index in [1.807, 2.05) is 11.6 Å². The number of rotatable bonds is 5. The molecule has 0 saturated carbocycles. The number of hydrogen-bond acceptors (Lipinski definition) is 4. The standard InChI is InChI=1S/C15H19N3S/c1-11(15-17-6-7-19-15)8-16-9-12-10-18-14-5-3-2-4-13(12)14/h2-7,11-12,16,18H,8-10H2,1H3. The molecule has 2 N–H and O–H groups in total. The third-order valence-corrected chi connectivity index (χ3v) is 4.66. The van der Waals surface area contributed by atoms with Crippen LogP contribution in [0, 0.1) is 0 Å². The lowest BCUT2D eigenvalue weighted by Gasteiger charge is -2.14. The highest BCUT2D eigenvalue weighted by Gasteiger charge is 2.21. The molecule has 3 nitrogen and oxygen atoms in total. The number of anilines is 1. The zero-order chi connectivity index (χ0) is 13.1. The summed E-state index contributed by atoms with van der Waals surface area (Å²) in [5, 5.41) is 10.3. The van der Waals surface area contributed by atoms with E-state index >= 15 is 0 Å². The smallest absolute Gasteiger partial charge is 0.0965 e. The Balaban J connectivity index is 1.51. The molecule has 1 aromatic carbocycles. The summed E-state index contributed by atoms with van der Waals surface area (Å²) < 4.78 is 0. The molecule has 100 valence electrons. The number of fused-ring (bicyclic) bond motifs is 1. The van der Waals surface area contributed by atoms with Crippen molar-refractivity contribution in [1.82, 2.24) is 10.3 Å². The van der Waals surface area contributed by atoms with Crippen molar-refractivity contribution in [2.45, 2.75) is 18.8 Å². The minimum absolute atomic E-state index is 0.490. The van der Waals surface area contributed by atoms with Crippen molar-refractivity contribution in [3.05, 3.63) is 46.4 Å². The van der Waals surface area contributed by atoms with E-state index in [1.165, 1.54) is 16.3 Å². The first-order valence-corrected chi connectivity index (χ1v) is 7.65. The molecule has 0 aliphatic carbocycles. The molecule has 2 unspecified atom stereocenters. The molecule has 1 aliphatic heterocycles. The van der Waals surface area contributed by atoms with Crippen LogP contribution < -0.4 is 10.6 Å². The van der Waals surface area contributed by atoms with Gasteiger partial charge in [0.15, 0.2) is 0 Å². The lowest BCUT2D eigenvalue weighted by molar-refractivity contribution is 0.571. The second kappa shape index (κ2) is 5.72. The highest BCUT2D eigenvalue weighted by molar-refractivity contribution is 7.09. The summed E-state index contributed by atoms with van der Waals surface area (Å²) in [4.78, 5) is 4.37. The van der Waals surface area contributed by atoms with Crippen molar-refractivity contribution in [1.29, 1.82) is 0 Å². The van der Waals surface area contributed by atoms with Gasteiger partial charge in [0.25, 0.3) is 0 Å². The molecule has 2 atom stereocenters. The zero-order valence-electron chi connectivity index (χ0n) is 11.1. The van der Waals surface area contributed by atoms with Crippen LogP contribution in [0.3, 0.4) is 0 Å². The van der Waals surface area contributed by atoms with Crippen molar-refractivity contribution in [3.8, 4) is 0 Å². The molecule has 0 saturated heterocycles. The van der Waals surface area contributed by atoms with Gasteiger partial charge >= 0.3 is 0 Å². The van der Waals surface area contributed by atoms with Crippen LogP contribution in [0.5, 0.6) is 0 Å². The molecule has 0 radical (unpaired) electrons. The van der Waals surface area contributed by atoms with Crippen LogP contribution in [0.15, 0.2) is 35.8 Å². The van der Waals surface area contributed by atoms with Gasteiger partial charge in [-0.15, -0.1) is 11.3 Å². The Morgan fingerprint density at radius 3 is 3.21 bits per heavy atom. The first-order chi connectivity index (χ1) is 9.34. The summed E-state index contributed by atoms with van der Waals surface area (Å²) in [7, 11) is 0. The van der Waals surface area contributed by atoms with Crippen LogP contribution in [0.2, 0.25) is 0 Å². The van der Waals surface area contributed by atoms with Gasteiger partial charge in [-0.25, -0.2) is 4.98 Å². The van der Waals surface area contributed by atoms with Gasteiger partial charge in [0, 0.05) is 48.7 Å². The van der Waals surface area contributed by atoms with Gasteiger partial charge in [-0.1, -0.05) is 25.1 Å². The Labute approximate surface area is 118 Å². The lowest BCUT2D eigenvalue weighted by Crippen LogP contribution is -2.26. The van der Waals surface area contributed by atoms with E-state index in [0.29, 0.717) is 11.8 Å². The second-order valence-electron chi connectivity index (χ2n) is 5.09. The third-order valence-electron chi connectivity index (χ3n) is 3.65. The maximum atomic E-state index is 4.37. The Kier molecular flexibility index (Phi) is 3.80. The quantitative estimate of drug-likeness (QED) is 0.879. The average molecular weight is 273 g/mol. The predicted molar refractivity (Wildman–Crippen MR) is 81.1 cm³/mol. The van der Waals surface area contributed by atoms with E-state index in [4.69, 9.17) is 0 Å². The number of nitrogens with one attached hydrogen (secondary N) is 2. The summed E-state index contributed by atoms with van der Waals surface area (Å²) in [5.74, 6) is 1.07. The van der Waals surface area contributed by atoms with Gasteiger partial charge in [0.1, 0.15) is 0 Å². The molecule has 4 heteroatoms.